The van der Waals surface area contributed by atoms with Crippen molar-refractivity contribution in [1.29, 1.82) is 0 Å². The molecular weight excluding hydrogens is 233 g/mol. The van der Waals surface area contributed by atoms with Gasteiger partial charge in [0, 0.05) is 24.7 Å². The van der Waals surface area contributed by atoms with Gasteiger partial charge in [-0.1, -0.05) is 6.08 Å². The van der Waals surface area contributed by atoms with Gasteiger partial charge in [-0.05, 0) is 25.7 Å². The molecule has 0 aromatic rings. The summed E-state index contributed by atoms with van der Waals surface area (Å²) in [7, 11) is 0. The average molecular weight is 248 g/mol. The van der Waals surface area contributed by atoms with Crippen LogP contribution in [0.15, 0.2) is 11.6 Å². The lowest BCUT2D eigenvalue weighted by molar-refractivity contribution is -0.0956. The number of halogens is 3. The summed E-state index contributed by atoms with van der Waals surface area (Å²) in [5, 5.41) is 2.82. The summed E-state index contributed by atoms with van der Waals surface area (Å²) in [5.74, 6) is 0. The van der Waals surface area contributed by atoms with E-state index >= 15 is 0 Å². The molecule has 0 aromatic heterocycles. The molecule has 0 unspecified atom stereocenters. The number of rotatable bonds is 1. The highest BCUT2D eigenvalue weighted by Gasteiger charge is 2.35. The van der Waals surface area contributed by atoms with Crippen LogP contribution in [0.4, 0.5) is 18.0 Å². The molecule has 2 amide bonds. The Kier molecular flexibility index (Phi) is 3.31. The first kappa shape index (κ1) is 12.3. The first-order chi connectivity index (χ1) is 7.97. The van der Waals surface area contributed by atoms with Crippen LogP contribution >= 0.6 is 0 Å². The van der Waals surface area contributed by atoms with Crippen molar-refractivity contribution in [2.24, 2.45) is 0 Å². The number of alkyl halides is 3. The summed E-state index contributed by atoms with van der Waals surface area (Å²) >= 11 is 0. The fourth-order valence-electron chi connectivity index (χ4n) is 1.93. The molecule has 1 heterocycles. The van der Waals surface area contributed by atoms with E-state index in [1.807, 2.05) is 0 Å². The van der Waals surface area contributed by atoms with Gasteiger partial charge in [-0.3, -0.25) is 0 Å². The zero-order chi connectivity index (χ0) is 12.5. The van der Waals surface area contributed by atoms with Crippen LogP contribution in [0.1, 0.15) is 25.7 Å². The molecule has 0 saturated heterocycles. The fraction of sp³-hybridized carbons (Fsp3) is 0.727. The van der Waals surface area contributed by atoms with Crippen LogP contribution in [-0.2, 0) is 0 Å². The summed E-state index contributed by atoms with van der Waals surface area (Å²) in [4.78, 5) is 13.1. The van der Waals surface area contributed by atoms with E-state index < -0.39 is 11.7 Å². The monoisotopic (exact) mass is 248 g/mol. The molecule has 1 aliphatic carbocycles. The van der Waals surface area contributed by atoms with Gasteiger partial charge in [-0.15, -0.1) is 0 Å². The van der Waals surface area contributed by atoms with Gasteiger partial charge in [-0.2, -0.15) is 13.2 Å². The predicted molar refractivity (Wildman–Crippen MR) is 56.5 cm³/mol. The zero-order valence-corrected chi connectivity index (χ0v) is 9.39. The Morgan fingerprint density at radius 2 is 2.12 bits per heavy atom. The molecule has 0 bridgehead atoms. The van der Waals surface area contributed by atoms with Crippen LogP contribution in [-0.4, -0.2) is 36.2 Å². The summed E-state index contributed by atoms with van der Waals surface area (Å²) in [6, 6.07) is -0.0253. The third kappa shape index (κ3) is 2.92. The number of hydrogen-bond acceptors (Lipinski definition) is 1. The second-order valence-corrected chi connectivity index (χ2v) is 4.50. The molecule has 17 heavy (non-hydrogen) atoms. The van der Waals surface area contributed by atoms with Gasteiger partial charge in [0.25, 0.3) is 0 Å². The first-order valence-corrected chi connectivity index (χ1v) is 5.78. The summed E-state index contributed by atoms with van der Waals surface area (Å²) in [6.07, 6.45) is -0.197. The minimum Gasteiger partial charge on any atom is -0.335 e. The van der Waals surface area contributed by atoms with E-state index in [0.717, 1.165) is 25.3 Å². The normalized spacial score (nSPS) is 21.8. The molecule has 0 radical (unpaired) electrons. The van der Waals surface area contributed by atoms with Gasteiger partial charge in [0.05, 0.1) is 0 Å². The molecule has 0 aromatic carbocycles. The van der Waals surface area contributed by atoms with Crippen molar-refractivity contribution in [1.82, 2.24) is 10.2 Å². The SMILES string of the molecule is O=C(NC1CCC1)N1CC=C(C(F)(F)F)CC1. The lowest BCUT2D eigenvalue weighted by atomic mass is 9.93. The number of urea groups is 1. The van der Waals surface area contributed by atoms with Gasteiger partial charge in [0.1, 0.15) is 0 Å². The molecule has 1 aliphatic heterocycles. The Hall–Kier alpha value is -1.20. The van der Waals surface area contributed by atoms with Crippen LogP contribution in [0, 0.1) is 0 Å². The minimum absolute atomic E-state index is 0.0490. The van der Waals surface area contributed by atoms with Crippen LogP contribution in [0.25, 0.3) is 0 Å². The van der Waals surface area contributed by atoms with Gasteiger partial charge in [-0.25, -0.2) is 4.79 Å². The van der Waals surface area contributed by atoms with Crippen molar-refractivity contribution in [3.8, 4) is 0 Å². The number of carbonyl (C=O) groups is 1. The molecule has 1 saturated carbocycles. The van der Waals surface area contributed by atoms with E-state index in [0.29, 0.717) is 0 Å². The minimum atomic E-state index is -4.25. The molecule has 2 rings (SSSR count). The average Bonchev–Trinajstić information content (AvgIpc) is 2.22. The lowest BCUT2D eigenvalue weighted by Gasteiger charge is -2.32. The predicted octanol–water partition coefficient (Wildman–Crippen LogP) is 2.44. The second kappa shape index (κ2) is 4.58. The van der Waals surface area contributed by atoms with E-state index in [9.17, 15) is 18.0 Å². The van der Waals surface area contributed by atoms with E-state index in [-0.39, 0.29) is 31.6 Å². The number of nitrogens with one attached hydrogen (secondary N) is 1. The van der Waals surface area contributed by atoms with Crippen molar-refractivity contribution in [3.05, 3.63) is 11.6 Å². The number of carbonyl (C=O) groups excluding carboxylic acids is 1. The van der Waals surface area contributed by atoms with Crippen molar-refractivity contribution in [2.75, 3.05) is 13.1 Å². The highest BCUT2D eigenvalue weighted by atomic mass is 19.4. The summed E-state index contributed by atoms with van der Waals surface area (Å²) in [6.45, 7) is 0.192. The molecule has 0 atom stereocenters. The number of amides is 2. The Bertz CT molecular complexity index is 334. The largest absolute Gasteiger partial charge is 0.412 e. The quantitative estimate of drug-likeness (QED) is 0.710. The van der Waals surface area contributed by atoms with Gasteiger partial charge in [0.15, 0.2) is 0 Å². The molecular formula is C11H15F3N2O. The molecule has 2 aliphatic rings. The first-order valence-electron chi connectivity index (χ1n) is 5.78. The van der Waals surface area contributed by atoms with Crippen LogP contribution in [0.2, 0.25) is 0 Å². The van der Waals surface area contributed by atoms with E-state index in [1.165, 1.54) is 4.90 Å². The molecule has 1 fully saturated rings. The van der Waals surface area contributed by atoms with E-state index in [2.05, 4.69) is 5.32 Å². The van der Waals surface area contributed by atoms with Crippen LogP contribution in [0.5, 0.6) is 0 Å². The number of nitrogens with zero attached hydrogens (tertiary/aromatic N) is 1. The van der Waals surface area contributed by atoms with Gasteiger partial charge < -0.3 is 10.2 Å². The summed E-state index contributed by atoms with van der Waals surface area (Å²) < 4.78 is 37.1. The maximum Gasteiger partial charge on any atom is 0.412 e. The van der Waals surface area contributed by atoms with E-state index in [4.69, 9.17) is 0 Å². The molecule has 96 valence electrons. The summed E-state index contributed by atoms with van der Waals surface area (Å²) in [5.41, 5.74) is -0.523. The highest BCUT2D eigenvalue weighted by Crippen LogP contribution is 2.30. The van der Waals surface area contributed by atoms with Crippen molar-refractivity contribution in [2.45, 2.75) is 37.9 Å². The van der Waals surface area contributed by atoms with Crippen LogP contribution in [0.3, 0.4) is 0 Å². The van der Waals surface area contributed by atoms with Gasteiger partial charge >= 0.3 is 12.2 Å². The zero-order valence-electron chi connectivity index (χ0n) is 9.39. The van der Waals surface area contributed by atoms with Crippen LogP contribution < -0.4 is 5.32 Å². The van der Waals surface area contributed by atoms with Crippen molar-refractivity contribution in [3.63, 3.8) is 0 Å². The standard InChI is InChI=1S/C11H15F3N2O/c12-11(13,14)8-4-6-16(7-5-8)10(17)15-9-2-1-3-9/h4,9H,1-3,5-7H2,(H,15,17). The maximum absolute atomic E-state index is 12.4. The third-order valence-corrected chi connectivity index (χ3v) is 3.29. The lowest BCUT2D eigenvalue weighted by Crippen LogP contribution is -2.48. The van der Waals surface area contributed by atoms with E-state index in [1.54, 1.807) is 0 Å². The second-order valence-electron chi connectivity index (χ2n) is 4.50. The molecule has 0 spiro atoms. The Balaban J connectivity index is 1.85. The molecule has 6 heteroatoms. The smallest absolute Gasteiger partial charge is 0.335 e. The maximum atomic E-state index is 12.4. The molecule has 3 nitrogen and oxygen atoms in total. The van der Waals surface area contributed by atoms with Crippen molar-refractivity contribution >= 4 is 6.03 Å². The fourth-order valence-corrected chi connectivity index (χ4v) is 1.93. The Morgan fingerprint density at radius 1 is 1.41 bits per heavy atom. The molecule has 1 N–H and O–H groups in total. The Labute approximate surface area is 97.7 Å². The topological polar surface area (TPSA) is 32.3 Å². The third-order valence-electron chi connectivity index (χ3n) is 3.29. The van der Waals surface area contributed by atoms with Gasteiger partial charge in [0.2, 0.25) is 0 Å². The Morgan fingerprint density at radius 3 is 2.53 bits per heavy atom. The number of hydrogen-bond donors (Lipinski definition) is 1. The van der Waals surface area contributed by atoms with Crippen molar-refractivity contribution < 1.29 is 18.0 Å². The highest BCUT2D eigenvalue weighted by molar-refractivity contribution is 5.75.